The maximum atomic E-state index is 13.0. The van der Waals surface area contributed by atoms with Crippen molar-refractivity contribution in [3.63, 3.8) is 0 Å². The van der Waals surface area contributed by atoms with Gasteiger partial charge in [-0.25, -0.2) is 0 Å². The Balaban J connectivity index is 2.16. The fourth-order valence-corrected chi connectivity index (χ4v) is 3.06. The molecule has 0 heterocycles. The van der Waals surface area contributed by atoms with E-state index in [2.05, 4.69) is 5.32 Å². The van der Waals surface area contributed by atoms with Gasteiger partial charge >= 0.3 is 0 Å². The van der Waals surface area contributed by atoms with Crippen molar-refractivity contribution in [2.75, 3.05) is 13.2 Å². The molecule has 2 rings (SSSR count). The van der Waals surface area contributed by atoms with Gasteiger partial charge in [0.25, 0.3) is 5.91 Å². The average molecular weight is 417 g/mol. The van der Waals surface area contributed by atoms with E-state index in [0.717, 1.165) is 17.5 Å². The van der Waals surface area contributed by atoms with Gasteiger partial charge in [0.05, 0.1) is 0 Å². The lowest BCUT2D eigenvalue weighted by molar-refractivity contribution is -0.143. The van der Waals surface area contributed by atoms with Gasteiger partial charge < -0.3 is 15.0 Å². The highest BCUT2D eigenvalue weighted by molar-refractivity contribution is 6.30. The molecule has 0 aliphatic carbocycles. The van der Waals surface area contributed by atoms with Crippen LogP contribution < -0.4 is 10.1 Å². The molecule has 156 valence electrons. The maximum absolute atomic E-state index is 13.0. The summed E-state index contributed by atoms with van der Waals surface area (Å²) >= 11 is 5.97. The van der Waals surface area contributed by atoms with Crippen LogP contribution in [0.4, 0.5) is 0 Å². The quantitative estimate of drug-likeness (QED) is 0.626. The molecule has 0 saturated heterocycles. The van der Waals surface area contributed by atoms with Crippen LogP contribution in [0.3, 0.4) is 0 Å². The van der Waals surface area contributed by atoms with Crippen molar-refractivity contribution in [1.29, 1.82) is 0 Å². The van der Waals surface area contributed by atoms with E-state index >= 15 is 0 Å². The molecule has 0 radical (unpaired) electrons. The topological polar surface area (TPSA) is 58.6 Å². The van der Waals surface area contributed by atoms with Gasteiger partial charge in [-0.15, -0.1) is 0 Å². The lowest BCUT2D eigenvalue weighted by atomic mass is 10.1. The van der Waals surface area contributed by atoms with E-state index in [1.54, 1.807) is 17.0 Å². The maximum Gasteiger partial charge on any atom is 0.261 e. The number of benzene rings is 2. The Morgan fingerprint density at radius 1 is 1.07 bits per heavy atom. The molecule has 0 aromatic heterocycles. The van der Waals surface area contributed by atoms with E-state index in [0.29, 0.717) is 30.3 Å². The number of carbonyl (C=O) groups excluding carboxylic acids is 2. The first kappa shape index (κ1) is 22.8. The van der Waals surface area contributed by atoms with Gasteiger partial charge in [-0.05, 0) is 49.6 Å². The molecule has 0 aliphatic heterocycles. The van der Waals surface area contributed by atoms with Crippen molar-refractivity contribution >= 4 is 23.4 Å². The van der Waals surface area contributed by atoms with E-state index in [4.69, 9.17) is 16.3 Å². The number of nitrogens with zero attached hydrogens (tertiary/aromatic N) is 1. The van der Waals surface area contributed by atoms with E-state index in [1.807, 2.05) is 57.2 Å². The Bertz CT molecular complexity index is 791. The van der Waals surface area contributed by atoms with Crippen molar-refractivity contribution in [1.82, 2.24) is 10.2 Å². The van der Waals surface area contributed by atoms with Crippen LogP contribution in [0, 0.1) is 6.92 Å². The first-order valence-electron chi connectivity index (χ1n) is 9.95. The first-order chi connectivity index (χ1) is 13.9. The van der Waals surface area contributed by atoms with Crippen molar-refractivity contribution < 1.29 is 14.3 Å². The monoisotopic (exact) mass is 416 g/mol. The van der Waals surface area contributed by atoms with Crippen LogP contribution in [0.5, 0.6) is 5.75 Å². The number of hydrogen-bond donors (Lipinski definition) is 1. The Morgan fingerprint density at radius 2 is 1.72 bits per heavy atom. The molecule has 0 bridgehead atoms. The van der Waals surface area contributed by atoms with Gasteiger partial charge in [0, 0.05) is 18.1 Å². The molecular formula is C23H29ClN2O3. The largest absolute Gasteiger partial charge is 0.484 e. The molecule has 1 atom stereocenters. The third kappa shape index (κ3) is 7.09. The number of halogens is 1. The Hall–Kier alpha value is -2.53. The van der Waals surface area contributed by atoms with Gasteiger partial charge in [0.2, 0.25) is 5.91 Å². The fraction of sp³-hybridized carbons (Fsp3) is 0.391. The summed E-state index contributed by atoms with van der Waals surface area (Å²) in [6.45, 7) is 6.65. The summed E-state index contributed by atoms with van der Waals surface area (Å²) in [6.07, 6.45) is 1.35. The molecular weight excluding hydrogens is 388 g/mol. The molecule has 2 amide bonds. The first-order valence-corrected chi connectivity index (χ1v) is 10.3. The second-order valence-corrected chi connectivity index (χ2v) is 7.40. The van der Waals surface area contributed by atoms with Crippen molar-refractivity contribution in [2.24, 2.45) is 0 Å². The molecule has 6 heteroatoms. The molecule has 2 aromatic rings. The molecule has 0 spiro atoms. The van der Waals surface area contributed by atoms with E-state index in [-0.39, 0.29) is 18.4 Å². The fourth-order valence-electron chi connectivity index (χ4n) is 2.93. The summed E-state index contributed by atoms with van der Waals surface area (Å²) in [5, 5.41) is 3.53. The summed E-state index contributed by atoms with van der Waals surface area (Å²) in [5.74, 6) is 0.241. The molecule has 5 nitrogen and oxygen atoms in total. The van der Waals surface area contributed by atoms with Gasteiger partial charge in [0.15, 0.2) is 6.61 Å². The minimum Gasteiger partial charge on any atom is -0.484 e. The molecule has 0 fully saturated rings. The van der Waals surface area contributed by atoms with Crippen LogP contribution in [-0.4, -0.2) is 35.9 Å². The Labute approximate surface area is 178 Å². The lowest BCUT2D eigenvalue weighted by Crippen LogP contribution is -2.50. The molecule has 2 aromatic carbocycles. The summed E-state index contributed by atoms with van der Waals surface area (Å²) in [7, 11) is 0. The zero-order valence-corrected chi connectivity index (χ0v) is 18.0. The number of nitrogens with one attached hydrogen (secondary N) is 1. The second-order valence-electron chi connectivity index (χ2n) is 6.96. The van der Waals surface area contributed by atoms with Gasteiger partial charge in [-0.1, -0.05) is 55.3 Å². The number of rotatable bonds is 10. The molecule has 29 heavy (non-hydrogen) atoms. The van der Waals surface area contributed by atoms with Crippen LogP contribution in [0.2, 0.25) is 5.02 Å². The molecule has 0 aliphatic rings. The summed E-state index contributed by atoms with van der Waals surface area (Å²) in [4.78, 5) is 27.3. The van der Waals surface area contributed by atoms with Gasteiger partial charge in [-0.2, -0.15) is 0 Å². The minimum atomic E-state index is -0.564. The highest BCUT2D eigenvalue weighted by Gasteiger charge is 2.28. The molecule has 1 N–H and O–H groups in total. The zero-order chi connectivity index (χ0) is 21.2. The van der Waals surface area contributed by atoms with Crippen LogP contribution in [0.1, 0.15) is 37.8 Å². The highest BCUT2D eigenvalue weighted by atomic mass is 35.5. The predicted octanol–water partition coefficient (Wildman–Crippen LogP) is 4.36. The Morgan fingerprint density at radius 3 is 2.31 bits per heavy atom. The molecule has 1 unspecified atom stereocenters. The number of carbonyl (C=O) groups is 2. The van der Waals surface area contributed by atoms with Crippen molar-refractivity contribution in [3.05, 3.63) is 64.7 Å². The lowest BCUT2D eigenvalue weighted by Gasteiger charge is -2.30. The third-order valence-electron chi connectivity index (χ3n) is 4.58. The standard InChI is InChI=1S/C23H29ClN2O3/c1-4-14-25-23(28)21(5-2)26(15-18-8-10-19(24)11-9-18)22(27)16-29-20-12-6-17(3)7-13-20/h6-13,21H,4-5,14-16H2,1-3H3,(H,25,28). The minimum absolute atomic E-state index is 0.131. The number of aryl methyl sites for hydroxylation is 1. The van der Waals surface area contributed by atoms with Crippen LogP contribution in [0.15, 0.2) is 48.5 Å². The number of ether oxygens (including phenoxy) is 1. The van der Waals surface area contributed by atoms with Gasteiger partial charge in [-0.3, -0.25) is 9.59 Å². The second kappa shape index (κ2) is 11.5. The predicted molar refractivity (Wildman–Crippen MR) is 116 cm³/mol. The highest BCUT2D eigenvalue weighted by Crippen LogP contribution is 2.17. The summed E-state index contributed by atoms with van der Waals surface area (Å²) < 4.78 is 5.67. The van der Waals surface area contributed by atoms with Crippen molar-refractivity contribution in [3.8, 4) is 5.75 Å². The van der Waals surface area contributed by atoms with E-state index in [9.17, 15) is 9.59 Å². The third-order valence-corrected chi connectivity index (χ3v) is 4.84. The smallest absolute Gasteiger partial charge is 0.261 e. The van der Waals surface area contributed by atoms with Crippen LogP contribution in [-0.2, 0) is 16.1 Å². The Kier molecular flexibility index (Phi) is 9.00. The van der Waals surface area contributed by atoms with Gasteiger partial charge in [0.1, 0.15) is 11.8 Å². The van der Waals surface area contributed by atoms with Crippen molar-refractivity contribution in [2.45, 2.75) is 46.2 Å². The SMILES string of the molecule is CCCNC(=O)C(CC)N(Cc1ccc(Cl)cc1)C(=O)COc1ccc(C)cc1. The van der Waals surface area contributed by atoms with Crippen LogP contribution in [0.25, 0.3) is 0 Å². The summed E-state index contributed by atoms with van der Waals surface area (Å²) in [6, 6.07) is 14.2. The number of amides is 2. The average Bonchev–Trinajstić information content (AvgIpc) is 2.72. The summed E-state index contributed by atoms with van der Waals surface area (Å²) in [5.41, 5.74) is 2.02. The molecule has 0 saturated carbocycles. The normalized spacial score (nSPS) is 11.6. The van der Waals surface area contributed by atoms with Crippen LogP contribution >= 0.6 is 11.6 Å². The van der Waals surface area contributed by atoms with E-state index in [1.165, 1.54) is 0 Å². The van der Waals surface area contributed by atoms with E-state index < -0.39 is 6.04 Å². The number of hydrogen-bond acceptors (Lipinski definition) is 3. The zero-order valence-electron chi connectivity index (χ0n) is 17.3.